The fourth-order valence-corrected chi connectivity index (χ4v) is 2.72. The molecule has 1 aromatic carbocycles. The van der Waals surface area contributed by atoms with Crippen molar-refractivity contribution in [2.75, 3.05) is 7.11 Å². The van der Waals surface area contributed by atoms with E-state index in [2.05, 4.69) is 28.6 Å². The summed E-state index contributed by atoms with van der Waals surface area (Å²) in [6.45, 7) is 0.845. The molecule has 0 amide bonds. The summed E-state index contributed by atoms with van der Waals surface area (Å²) in [4.78, 5) is 0. The second-order valence-electron chi connectivity index (χ2n) is 4.98. The van der Waals surface area contributed by atoms with Crippen molar-refractivity contribution in [1.29, 1.82) is 0 Å². The average molecular weight is 257 g/mol. The normalized spacial score (nSPS) is 17.5. The van der Waals surface area contributed by atoms with Gasteiger partial charge in [-0.15, -0.1) is 0 Å². The summed E-state index contributed by atoms with van der Waals surface area (Å²) in [7, 11) is 3.69. The predicted octanol–water partition coefficient (Wildman–Crippen LogP) is 2.21. The van der Waals surface area contributed by atoms with Crippen LogP contribution in [0.5, 0.6) is 5.75 Å². The largest absolute Gasteiger partial charge is 0.497 e. The van der Waals surface area contributed by atoms with Gasteiger partial charge in [-0.25, -0.2) is 0 Å². The fourth-order valence-electron chi connectivity index (χ4n) is 2.72. The van der Waals surface area contributed by atoms with Crippen molar-refractivity contribution in [1.82, 2.24) is 15.1 Å². The van der Waals surface area contributed by atoms with Gasteiger partial charge in [-0.3, -0.25) is 4.68 Å². The van der Waals surface area contributed by atoms with Gasteiger partial charge in [-0.1, -0.05) is 6.07 Å². The van der Waals surface area contributed by atoms with E-state index in [0.717, 1.165) is 25.1 Å². The Balaban J connectivity index is 1.73. The number of aromatic nitrogens is 2. The Hall–Kier alpha value is -1.81. The van der Waals surface area contributed by atoms with Crippen LogP contribution in [0.1, 0.15) is 29.3 Å². The van der Waals surface area contributed by atoms with Crippen LogP contribution in [0.3, 0.4) is 0 Å². The molecule has 19 heavy (non-hydrogen) atoms. The Morgan fingerprint density at radius 2 is 2.32 bits per heavy atom. The standard InChI is InChI=1S/C15H19N3O/c1-18-12(7-8-17-18)10-16-15-6-4-11-3-5-13(19-2)9-14(11)15/h3,5,7-9,15-16H,4,6,10H2,1-2H3. The number of ether oxygens (including phenoxy) is 1. The third-order valence-electron chi connectivity index (χ3n) is 3.88. The highest BCUT2D eigenvalue weighted by Gasteiger charge is 2.22. The van der Waals surface area contributed by atoms with Crippen LogP contribution in [0.25, 0.3) is 0 Å². The van der Waals surface area contributed by atoms with Gasteiger partial charge >= 0.3 is 0 Å². The van der Waals surface area contributed by atoms with Crippen LogP contribution in [0.4, 0.5) is 0 Å². The lowest BCUT2D eigenvalue weighted by atomic mass is 10.1. The molecular formula is C15H19N3O. The van der Waals surface area contributed by atoms with E-state index in [1.54, 1.807) is 7.11 Å². The third kappa shape index (κ3) is 2.36. The maximum absolute atomic E-state index is 5.32. The second kappa shape index (κ2) is 5.05. The van der Waals surface area contributed by atoms with Gasteiger partial charge < -0.3 is 10.1 Å². The number of fused-ring (bicyclic) bond motifs is 1. The van der Waals surface area contributed by atoms with Crippen molar-refractivity contribution < 1.29 is 4.74 Å². The van der Waals surface area contributed by atoms with Crippen LogP contribution in [-0.2, 0) is 20.0 Å². The van der Waals surface area contributed by atoms with E-state index in [9.17, 15) is 0 Å². The number of nitrogens with one attached hydrogen (secondary N) is 1. The fraction of sp³-hybridized carbons (Fsp3) is 0.400. The van der Waals surface area contributed by atoms with E-state index in [-0.39, 0.29) is 0 Å². The highest BCUT2D eigenvalue weighted by molar-refractivity contribution is 5.40. The van der Waals surface area contributed by atoms with Gasteiger partial charge in [-0.05, 0) is 42.2 Å². The molecule has 2 aromatic rings. The topological polar surface area (TPSA) is 39.1 Å². The number of methoxy groups -OCH3 is 1. The van der Waals surface area contributed by atoms with Crippen molar-refractivity contribution >= 4 is 0 Å². The van der Waals surface area contributed by atoms with Crippen LogP contribution in [0.15, 0.2) is 30.5 Å². The SMILES string of the molecule is COc1ccc2c(c1)C(NCc1ccnn1C)CC2. The average Bonchev–Trinajstić information content (AvgIpc) is 3.02. The zero-order chi connectivity index (χ0) is 13.2. The zero-order valence-corrected chi connectivity index (χ0v) is 11.4. The van der Waals surface area contributed by atoms with Gasteiger partial charge in [-0.2, -0.15) is 5.10 Å². The molecule has 4 nitrogen and oxygen atoms in total. The molecule has 1 unspecified atom stereocenters. The monoisotopic (exact) mass is 257 g/mol. The summed E-state index contributed by atoms with van der Waals surface area (Å²) >= 11 is 0. The summed E-state index contributed by atoms with van der Waals surface area (Å²) in [5.41, 5.74) is 4.01. The minimum atomic E-state index is 0.417. The first kappa shape index (κ1) is 12.2. The van der Waals surface area contributed by atoms with Gasteiger partial charge in [0.1, 0.15) is 5.75 Å². The molecule has 4 heteroatoms. The summed E-state index contributed by atoms with van der Waals surface area (Å²) in [6.07, 6.45) is 4.13. The number of rotatable bonds is 4. The lowest BCUT2D eigenvalue weighted by Crippen LogP contribution is -2.20. The molecular weight excluding hydrogens is 238 g/mol. The summed E-state index contributed by atoms with van der Waals surface area (Å²) < 4.78 is 7.23. The zero-order valence-electron chi connectivity index (χ0n) is 11.4. The van der Waals surface area contributed by atoms with Crippen LogP contribution in [0.2, 0.25) is 0 Å². The van der Waals surface area contributed by atoms with Crippen LogP contribution >= 0.6 is 0 Å². The van der Waals surface area contributed by atoms with Crippen molar-refractivity contribution in [3.63, 3.8) is 0 Å². The Kier molecular flexibility index (Phi) is 3.25. The number of hydrogen-bond donors (Lipinski definition) is 1. The first-order chi connectivity index (χ1) is 9.28. The summed E-state index contributed by atoms with van der Waals surface area (Å²) in [5, 5.41) is 7.81. The number of aryl methyl sites for hydroxylation is 2. The first-order valence-electron chi connectivity index (χ1n) is 6.65. The number of nitrogens with zero attached hydrogens (tertiary/aromatic N) is 2. The Labute approximate surface area is 113 Å². The molecule has 1 aliphatic rings. The molecule has 0 radical (unpaired) electrons. The minimum absolute atomic E-state index is 0.417. The molecule has 0 fully saturated rings. The molecule has 0 saturated carbocycles. The Morgan fingerprint density at radius 3 is 3.05 bits per heavy atom. The summed E-state index contributed by atoms with van der Waals surface area (Å²) in [5.74, 6) is 0.938. The van der Waals surface area contributed by atoms with E-state index in [4.69, 9.17) is 4.74 Å². The Morgan fingerprint density at radius 1 is 1.42 bits per heavy atom. The van der Waals surface area contributed by atoms with E-state index in [1.165, 1.54) is 16.8 Å². The molecule has 0 saturated heterocycles. The van der Waals surface area contributed by atoms with Crippen molar-refractivity contribution in [2.24, 2.45) is 7.05 Å². The van der Waals surface area contributed by atoms with Gasteiger partial charge in [0.05, 0.1) is 12.8 Å². The molecule has 100 valence electrons. The Bertz CT molecular complexity index is 577. The summed E-state index contributed by atoms with van der Waals surface area (Å²) in [6, 6.07) is 8.85. The molecule has 1 atom stereocenters. The lowest BCUT2D eigenvalue weighted by Gasteiger charge is -2.15. The minimum Gasteiger partial charge on any atom is -0.497 e. The molecule has 1 aliphatic carbocycles. The van der Waals surface area contributed by atoms with E-state index >= 15 is 0 Å². The third-order valence-corrected chi connectivity index (χ3v) is 3.88. The number of benzene rings is 1. The molecule has 3 rings (SSSR count). The highest BCUT2D eigenvalue weighted by atomic mass is 16.5. The van der Waals surface area contributed by atoms with E-state index < -0.39 is 0 Å². The number of hydrogen-bond acceptors (Lipinski definition) is 3. The van der Waals surface area contributed by atoms with Gasteiger partial charge in [0.2, 0.25) is 0 Å². The predicted molar refractivity (Wildman–Crippen MR) is 74.1 cm³/mol. The maximum Gasteiger partial charge on any atom is 0.119 e. The first-order valence-corrected chi connectivity index (χ1v) is 6.65. The van der Waals surface area contributed by atoms with Crippen LogP contribution in [-0.4, -0.2) is 16.9 Å². The van der Waals surface area contributed by atoms with Crippen molar-refractivity contribution in [3.05, 3.63) is 47.3 Å². The van der Waals surface area contributed by atoms with E-state index in [0.29, 0.717) is 6.04 Å². The molecule has 1 heterocycles. The molecule has 1 N–H and O–H groups in total. The van der Waals surface area contributed by atoms with Crippen molar-refractivity contribution in [2.45, 2.75) is 25.4 Å². The quantitative estimate of drug-likeness (QED) is 0.912. The molecule has 0 bridgehead atoms. The van der Waals surface area contributed by atoms with Crippen molar-refractivity contribution in [3.8, 4) is 5.75 Å². The van der Waals surface area contributed by atoms with Gasteiger partial charge in [0, 0.05) is 25.8 Å². The molecule has 1 aromatic heterocycles. The van der Waals surface area contributed by atoms with Crippen LogP contribution < -0.4 is 10.1 Å². The smallest absolute Gasteiger partial charge is 0.119 e. The van der Waals surface area contributed by atoms with E-state index in [1.807, 2.05) is 24.0 Å². The molecule has 0 spiro atoms. The maximum atomic E-state index is 5.32. The second-order valence-corrected chi connectivity index (χ2v) is 4.98. The lowest BCUT2D eigenvalue weighted by molar-refractivity contribution is 0.413. The van der Waals surface area contributed by atoms with Crippen LogP contribution in [0, 0.1) is 0 Å². The molecule has 0 aliphatic heterocycles. The highest BCUT2D eigenvalue weighted by Crippen LogP contribution is 2.33. The van der Waals surface area contributed by atoms with Gasteiger partial charge in [0.25, 0.3) is 0 Å². The van der Waals surface area contributed by atoms with Gasteiger partial charge in [0.15, 0.2) is 0 Å².